The van der Waals surface area contributed by atoms with E-state index in [1.54, 1.807) is 12.1 Å². The Morgan fingerprint density at radius 3 is 2.42 bits per heavy atom. The molecule has 0 aliphatic heterocycles. The van der Waals surface area contributed by atoms with Gasteiger partial charge < -0.3 is 4.74 Å². The second-order valence-corrected chi connectivity index (χ2v) is 4.06. The van der Waals surface area contributed by atoms with Crippen molar-refractivity contribution in [3.05, 3.63) is 42.5 Å². The lowest BCUT2D eigenvalue weighted by Gasteiger charge is -2.16. The highest BCUT2D eigenvalue weighted by Crippen LogP contribution is 2.25. The fourth-order valence-electron chi connectivity index (χ4n) is 1.71. The molecule has 1 rings (SSSR count). The van der Waals surface area contributed by atoms with Gasteiger partial charge in [-0.25, -0.2) is 0 Å². The van der Waals surface area contributed by atoms with Crippen LogP contribution in [0.4, 0.5) is 13.2 Å². The van der Waals surface area contributed by atoms with Crippen molar-refractivity contribution in [3.63, 3.8) is 0 Å². The summed E-state index contributed by atoms with van der Waals surface area (Å²) in [5.74, 6) is 5.20. The standard InChI is InChI=1S/C13H17F3N2O/c1-2-3-4-5-12(18-17)10-6-8-11(9-7-10)19-13(14,15)16/h2,6-9,12,18H,1,3-5,17H2. The van der Waals surface area contributed by atoms with Crippen molar-refractivity contribution < 1.29 is 17.9 Å². The Labute approximate surface area is 110 Å². The molecule has 0 radical (unpaired) electrons. The number of hydrogen-bond acceptors (Lipinski definition) is 3. The van der Waals surface area contributed by atoms with Crippen LogP contribution < -0.4 is 16.0 Å². The van der Waals surface area contributed by atoms with Crippen molar-refractivity contribution in [1.82, 2.24) is 5.43 Å². The molecule has 1 atom stereocenters. The van der Waals surface area contributed by atoms with Crippen LogP contribution in [-0.2, 0) is 0 Å². The van der Waals surface area contributed by atoms with E-state index in [9.17, 15) is 13.2 Å². The van der Waals surface area contributed by atoms with Crippen molar-refractivity contribution in [2.24, 2.45) is 5.84 Å². The largest absolute Gasteiger partial charge is 0.573 e. The number of hydrogen-bond donors (Lipinski definition) is 2. The number of allylic oxidation sites excluding steroid dienone is 1. The average Bonchev–Trinajstić information content (AvgIpc) is 2.34. The van der Waals surface area contributed by atoms with Gasteiger partial charge in [-0.1, -0.05) is 18.2 Å². The first-order chi connectivity index (χ1) is 8.96. The van der Waals surface area contributed by atoms with E-state index in [1.165, 1.54) is 12.1 Å². The smallest absolute Gasteiger partial charge is 0.406 e. The summed E-state index contributed by atoms with van der Waals surface area (Å²) in [5.41, 5.74) is 3.47. The van der Waals surface area contributed by atoms with E-state index in [4.69, 9.17) is 5.84 Å². The number of rotatable bonds is 7. The van der Waals surface area contributed by atoms with Crippen LogP contribution in [0.25, 0.3) is 0 Å². The van der Waals surface area contributed by atoms with E-state index >= 15 is 0 Å². The third kappa shape index (κ3) is 5.76. The molecule has 0 bridgehead atoms. The molecule has 0 amide bonds. The van der Waals surface area contributed by atoms with E-state index in [-0.39, 0.29) is 11.8 Å². The van der Waals surface area contributed by atoms with E-state index in [0.29, 0.717) is 0 Å². The van der Waals surface area contributed by atoms with E-state index in [1.807, 2.05) is 6.08 Å². The van der Waals surface area contributed by atoms with Crippen LogP contribution in [-0.4, -0.2) is 6.36 Å². The first-order valence-electron chi connectivity index (χ1n) is 5.89. The highest BCUT2D eigenvalue weighted by atomic mass is 19.4. The van der Waals surface area contributed by atoms with Crippen molar-refractivity contribution in [2.75, 3.05) is 0 Å². The minimum absolute atomic E-state index is 0.0973. The van der Waals surface area contributed by atoms with E-state index < -0.39 is 6.36 Å². The minimum Gasteiger partial charge on any atom is -0.406 e. The molecule has 6 heteroatoms. The molecule has 0 saturated heterocycles. The number of halogens is 3. The van der Waals surface area contributed by atoms with Crippen molar-refractivity contribution in [1.29, 1.82) is 0 Å². The third-order valence-corrected chi connectivity index (χ3v) is 2.62. The molecule has 0 aliphatic rings. The Balaban J connectivity index is 2.65. The normalized spacial score (nSPS) is 13.1. The first kappa shape index (κ1) is 15.5. The molecule has 0 fully saturated rings. The predicted molar refractivity (Wildman–Crippen MR) is 67.2 cm³/mol. The maximum atomic E-state index is 12.0. The maximum Gasteiger partial charge on any atom is 0.573 e. The molecule has 1 aromatic rings. The molecule has 3 N–H and O–H groups in total. The van der Waals surface area contributed by atoms with Gasteiger partial charge in [0.25, 0.3) is 0 Å². The zero-order valence-electron chi connectivity index (χ0n) is 10.4. The van der Waals surface area contributed by atoms with Crippen LogP contribution in [0, 0.1) is 0 Å². The third-order valence-electron chi connectivity index (χ3n) is 2.62. The lowest BCUT2D eigenvalue weighted by Crippen LogP contribution is -2.28. The summed E-state index contributed by atoms with van der Waals surface area (Å²) >= 11 is 0. The van der Waals surface area contributed by atoms with E-state index in [0.717, 1.165) is 24.8 Å². The van der Waals surface area contributed by atoms with Gasteiger partial charge in [-0.05, 0) is 37.0 Å². The van der Waals surface area contributed by atoms with Crippen LogP contribution in [0.15, 0.2) is 36.9 Å². The van der Waals surface area contributed by atoms with Gasteiger partial charge >= 0.3 is 6.36 Å². The number of nitrogens with one attached hydrogen (secondary N) is 1. The Bertz CT molecular complexity index is 390. The Morgan fingerprint density at radius 1 is 1.32 bits per heavy atom. The van der Waals surface area contributed by atoms with Gasteiger partial charge in [0.05, 0.1) is 0 Å². The second-order valence-electron chi connectivity index (χ2n) is 4.06. The molecular weight excluding hydrogens is 257 g/mol. The van der Waals surface area contributed by atoms with E-state index in [2.05, 4.69) is 16.7 Å². The number of ether oxygens (including phenoxy) is 1. The van der Waals surface area contributed by atoms with Crippen LogP contribution in [0.5, 0.6) is 5.75 Å². The zero-order chi connectivity index (χ0) is 14.3. The molecule has 19 heavy (non-hydrogen) atoms. The van der Waals surface area contributed by atoms with Crippen LogP contribution in [0.3, 0.4) is 0 Å². The molecule has 1 aromatic carbocycles. The second kappa shape index (κ2) is 7.16. The SMILES string of the molecule is C=CCCCC(NN)c1ccc(OC(F)(F)F)cc1. The van der Waals surface area contributed by atoms with Crippen molar-refractivity contribution in [3.8, 4) is 5.75 Å². The van der Waals surface area contributed by atoms with Gasteiger partial charge in [-0.15, -0.1) is 19.8 Å². The monoisotopic (exact) mass is 274 g/mol. The molecular formula is C13H17F3N2O. The molecule has 106 valence electrons. The van der Waals surface area contributed by atoms with Crippen molar-refractivity contribution >= 4 is 0 Å². The summed E-state index contributed by atoms with van der Waals surface area (Å²) in [4.78, 5) is 0. The molecule has 0 spiro atoms. The fraction of sp³-hybridized carbons (Fsp3) is 0.385. The molecule has 0 aromatic heterocycles. The van der Waals surface area contributed by atoms with Gasteiger partial charge in [0, 0.05) is 6.04 Å². The zero-order valence-corrected chi connectivity index (χ0v) is 10.4. The number of benzene rings is 1. The summed E-state index contributed by atoms with van der Waals surface area (Å²) in [6, 6.07) is 5.60. The lowest BCUT2D eigenvalue weighted by atomic mass is 10.0. The Morgan fingerprint density at radius 2 is 1.95 bits per heavy atom. The number of nitrogens with two attached hydrogens (primary N) is 1. The van der Waals surface area contributed by atoms with Crippen molar-refractivity contribution in [2.45, 2.75) is 31.7 Å². The highest BCUT2D eigenvalue weighted by molar-refractivity contribution is 5.29. The first-order valence-corrected chi connectivity index (χ1v) is 5.89. The van der Waals surface area contributed by atoms with Gasteiger partial charge in [-0.2, -0.15) is 0 Å². The predicted octanol–water partition coefficient (Wildman–Crippen LogP) is 3.45. The summed E-state index contributed by atoms with van der Waals surface area (Å²) in [6.07, 6.45) is -0.306. The quantitative estimate of drug-likeness (QED) is 0.346. The maximum absolute atomic E-state index is 12.0. The van der Waals surface area contributed by atoms with Crippen LogP contribution in [0.1, 0.15) is 30.9 Å². The number of hydrazine groups is 1. The summed E-state index contributed by atoms with van der Waals surface area (Å²) in [7, 11) is 0. The molecule has 0 heterocycles. The fourth-order valence-corrected chi connectivity index (χ4v) is 1.71. The number of unbranched alkanes of at least 4 members (excludes halogenated alkanes) is 1. The van der Waals surface area contributed by atoms with Crippen LogP contribution >= 0.6 is 0 Å². The Kier molecular flexibility index (Phi) is 5.85. The van der Waals surface area contributed by atoms with Gasteiger partial charge in [0.15, 0.2) is 0 Å². The lowest BCUT2D eigenvalue weighted by molar-refractivity contribution is -0.274. The average molecular weight is 274 g/mol. The van der Waals surface area contributed by atoms with Crippen LogP contribution in [0.2, 0.25) is 0 Å². The Hall–Kier alpha value is -1.53. The summed E-state index contributed by atoms with van der Waals surface area (Å²) in [6.45, 7) is 3.63. The van der Waals surface area contributed by atoms with Gasteiger partial charge in [-0.3, -0.25) is 11.3 Å². The van der Waals surface area contributed by atoms with Gasteiger partial charge in [0.1, 0.15) is 5.75 Å². The molecule has 0 aliphatic carbocycles. The minimum atomic E-state index is -4.67. The summed E-state index contributed by atoms with van der Waals surface area (Å²) in [5, 5.41) is 0. The number of alkyl halides is 3. The topological polar surface area (TPSA) is 47.3 Å². The molecule has 3 nitrogen and oxygen atoms in total. The summed E-state index contributed by atoms with van der Waals surface area (Å²) < 4.78 is 39.8. The molecule has 1 unspecified atom stereocenters. The highest BCUT2D eigenvalue weighted by Gasteiger charge is 2.31. The van der Waals surface area contributed by atoms with Gasteiger partial charge in [0.2, 0.25) is 0 Å². The molecule has 0 saturated carbocycles.